The summed E-state index contributed by atoms with van der Waals surface area (Å²) in [4.78, 5) is 66.1. The number of carbonyl (C=O) groups is 5. The molecule has 41 heavy (non-hydrogen) atoms. The summed E-state index contributed by atoms with van der Waals surface area (Å²) in [5.41, 5.74) is 2.82. The van der Waals surface area contributed by atoms with Gasteiger partial charge in [0.1, 0.15) is 18.1 Å². The molecule has 208 valence electrons. The Kier molecular flexibility index (Phi) is 6.44. The molecule has 1 N–H and O–H groups in total. The fraction of sp³-hybridized carbons (Fsp3) is 0.281. The van der Waals surface area contributed by atoms with E-state index in [1.165, 1.54) is 12.1 Å². The molecule has 6 rings (SSSR count). The van der Waals surface area contributed by atoms with E-state index in [2.05, 4.69) is 4.74 Å². The Labute approximate surface area is 235 Å². The summed E-state index contributed by atoms with van der Waals surface area (Å²) in [6.07, 6.45) is 2.30. The second kappa shape index (κ2) is 9.99. The summed E-state index contributed by atoms with van der Waals surface area (Å²) < 4.78 is 10.5. The number of allylic oxidation sites excluding steroid dienone is 6. The van der Waals surface area contributed by atoms with Crippen LogP contribution in [0.2, 0.25) is 0 Å². The lowest BCUT2D eigenvalue weighted by atomic mass is 9.59. The molecule has 3 amide bonds. The van der Waals surface area contributed by atoms with Gasteiger partial charge < -0.3 is 14.6 Å². The number of benzene rings is 2. The zero-order valence-electron chi connectivity index (χ0n) is 22.5. The standard InChI is InChI=1S/C32H27NO8/c1-16-12-24(34)23-14-22-19(10-11-21-27(22)31(38)33(30(21)37)32(39)40-2)26(28(23)29(16)36)20-9-8-18(13-25(20)35)41-15-17-6-4-3-5-7-17/h3-10,12-13,21-22,26-27,35H,11,14-15H2,1-2H3. The normalized spacial score (nSPS) is 25.3. The molecule has 2 aromatic carbocycles. The van der Waals surface area contributed by atoms with Crippen LogP contribution in [0.4, 0.5) is 4.79 Å². The van der Waals surface area contributed by atoms with Crippen molar-refractivity contribution in [1.29, 1.82) is 0 Å². The van der Waals surface area contributed by atoms with Crippen molar-refractivity contribution < 1.29 is 38.6 Å². The van der Waals surface area contributed by atoms with Gasteiger partial charge in [-0.15, -0.1) is 0 Å². The largest absolute Gasteiger partial charge is 0.507 e. The van der Waals surface area contributed by atoms with Crippen LogP contribution in [-0.4, -0.2) is 46.6 Å². The summed E-state index contributed by atoms with van der Waals surface area (Å²) in [6.45, 7) is 1.87. The second-order valence-corrected chi connectivity index (χ2v) is 10.7. The number of Topliss-reactive ketones (excluding diaryl/α,β-unsaturated/α-hetero) is 1. The lowest BCUT2D eigenvalue weighted by Gasteiger charge is -2.42. The van der Waals surface area contributed by atoms with Gasteiger partial charge in [-0.25, -0.2) is 4.79 Å². The number of imide groups is 3. The van der Waals surface area contributed by atoms with Gasteiger partial charge in [0.2, 0.25) is 11.8 Å². The van der Waals surface area contributed by atoms with Gasteiger partial charge in [0.15, 0.2) is 11.6 Å². The summed E-state index contributed by atoms with van der Waals surface area (Å²) in [5.74, 6) is -4.80. The molecule has 1 fully saturated rings. The number of carbonyl (C=O) groups excluding carboxylic acids is 5. The van der Waals surface area contributed by atoms with Crippen molar-refractivity contribution in [2.75, 3.05) is 7.11 Å². The van der Waals surface area contributed by atoms with Gasteiger partial charge in [0.05, 0.1) is 18.9 Å². The summed E-state index contributed by atoms with van der Waals surface area (Å²) in [7, 11) is 1.10. The Hall–Kier alpha value is -4.79. The highest BCUT2D eigenvalue weighted by atomic mass is 16.5. The van der Waals surface area contributed by atoms with Crippen LogP contribution in [0.25, 0.3) is 0 Å². The van der Waals surface area contributed by atoms with Crippen LogP contribution in [0.3, 0.4) is 0 Å². The first-order valence-corrected chi connectivity index (χ1v) is 13.4. The average molecular weight is 554 g/mol. The molecule has 9 nitrogen and oxygen atoms in total. The molecule has 0 aromatic heterocycles. The number of ketones is 2. The topological polar surface area (TPSA) is 127 Å². The predicted molar refractivity (Wildman–Crippen MR) is 144 cm³/mol. The van der Waals surface area contributed by atoms with Crippen LogP contribution < -0.4 is 4.74 Å². The predicted octanol–water partition coefficient (Wildman–Crippen LogP) is 4.17. The van der Waals surface area contributed by atoms with E-state index in [9.17, 15) is 29.1 Å². The number of hydrogen-bond acceptors (Lipinski definition) is 8. The third kappa shape index (κ3) is 4.20. The summed E-state index contributed by atoms with van der Waals surface area (Å²) in [5, 5.41) is 11.2. The van der Waals surface area contributed by atoms with Crippen LogP contribution in [0.5, 0.6) is 11.5 Å². The smallest absolute Gasteiger partial charge is 0.423 e. The number of phenolic OH excluding ortho intramolecular Hbond substituents is 1. The van der Waals surface area contributed by atoms with Crippen LogP contribution in [-0.2, 0) is 30.5 Å². The number of ether oxygens (including phenoxy) is 2. The highest BCUT2D eigenvalue weighted by molar-refractivity contribution is 6.24. The van der Waals surface area contributed by atoms with Crippen molar-refractivity contribution in [3.63, 3.8) is 0 Å². The van der Waals surface area contributed by atoms with Crippen molar-refractivity contribution in [3.05, 3.63) is 94.1 Å². The molecule has 0 spiro atoms. The van der Waals surface area contributed by atoms with Crippen LogP contribution in [0.1, 0.15) is 36.8 Å². The number of nitrogens with zero attached hydrogens (tertiary/aromatic N) is 1. The van der Waals surface area contributed by atoms with Gasteiger partial charge in [-0.05, 0) is 43.4 Å². The number of methoxy groups -OCH3 is 1. The van der Waals surface area contributed by atoms with Crippen molar-refractivity contribution in [2.45, 2.75) is 32.3 Å². The first-order valence-electron chi connectivity index (χ1n) is 13.4. The van der Waals surface area contributed by atoms with Crippen molar-refractivity contribution in [1.82, 2.24) is 4.90 Å². The third-order valence-electron chi connectivity index (χ3n) is 8.48. The molecule has 3 aliphatic carbocycles. The summed E-state index contributed by atoms with van der Waals surface area (Å²) >= 11 is 0. The number of rotatable bonds is 4. The fourth-order valence-electron chi connectivity index (χ4n) is 6.59. The van der Waals surface area contributed by atoms with E-state index in [1.807, 2.05) is 36.4 Å². The molecule has 0 bridgehead atoms. The molecule has 0 saturated carbocycles. The van der Waals surface area contributed by atoms with Crippen LogP contribution >= 0.6 is 0 Å². The Morgan fingerprint density at radius 3 is 2.49 bits per heavy atom. The Balaban J connectivity index is 1.41. The highest BCUT2D eigenvalue weighted by Gasteiger charge is 2.58. The number of likely N-dealkylation sites (tertiary alicyclic amines) is 1. The minimum absolute atomic E-state index is 0.0697. The molecule has 1 heterocycles. The molecule has 0 radical (unpaired) electrons. The molecule has 1 aliphatic heterocycles. The van der Waals surface area contributed by atoms with Crippen molar-refractivity contribution in [2.24, 2.45) is 17.8 Å². The van der Waals surface area contributed by atoms with Crippen LogP contribution in [0.15, 0.2) is 83.0 Å². The minimum atomic E-state index is -1.05. The zero-order valence-corrected chi connectivity index (χ0v) is 22.5. The molecule has 2 aromatic rings. The van der Waals surface area contributed by atoms with Gasteiger partial charge in [0, 0.05) is 34.3 Å². The Bertz CT molecular complexity index is 1620. The molecular formula is C32H27NO8. The second-order valence-electron chi connectivity index (χ2n) is 10.7. The highest BCUT2D eigenvalue weighted by Crippen LogP contribution is 2.56. The monoisotopic (exact) mass is 553 g/mol. The van der Waals surface area contributed by atoms with E-state index in [0.717, 1.165) is 12.7 Å². The van der Waals surface area contributed by atoms with E-state index in [0.29, 0.717) is 28.4 Å². The average Bonchev–Trinajstić information content (AvgIpc) is 3.23. The Morgan fingerprint density at radius 1 is 1.02 bits per heavy atom. The van der Waals surface area contributed by atoms with Crippen molar-refractivity contribution in [3.8, 4) is 11.5 Å². The molecule has 1 saturated heterocycles. The van der Waals surface area contributed by atoms with Crippen molar-refractivity contribution >= 4 is 29.5 Å². The number of fused-ring (bicyclic) bond motifs is 3. The van der Waals surface area contributed by atoms with Gasteiger partial charge >= 0.3 is 6.09 Å². The van der Waals surface area contributed by atoms with Crippen LogP contribution in [0, 0.1) is 17.8 Å². The Morgan fingerprint density at radius 2 is 1.78 bits per heavy atom. The first-order chi connectivity index (χ1) is 19.7. The first kappa shape index (κ1) is 26.4. The molecule has 9 heteroatoms. The van der Waals surface area contributed by atoms with E-state index in [-0.39, 0.29) is 46.9 Å². The maximum atomic E-state index is 13.5. The third-order valence-corrected chi connectivity index (χ3v) is 8.48. The number of hydrogen-bond donors (Lipinski definition) is 1. The van der Waals surface area contributed by atoms with Gasteiger partial charge in [0.25, 0.3) is 0 Å². The number of amides is 3. The van der Waals surface area contributed by atoms with Gasteiger partial charge in [-0.2, -0.15) is 4.90 Å². The maximum absolute atomic E-state index is 13.5. The molecule has 4 atom stereocenters. The molecular weight excluding hydrogens is 526 g/mol. The maximum Gasteiger partial charge on any atom is 0.423 e. The quantitative estimate of drug-likeness (QED) is 0.340. The van der Waals surface area contributed by atoms with Gasteiger partial charge in [-0.3, -0.25) is 19.2 Å². The molecule has 4 unspecified atom stereocenters. The van der Waals surface area contributed by atoms with E-state index < -0.39 is 41.6 Å². The zero-order chi connectivity index (χ0) is 29.0. The summed E-state index contributed by atoms with van der Waals surface area (Å²) in [6, 6.07) is 14.4. The lowest BCUT2D eigenvalue weighted by Crippen LogP contribution is -2.40. The van der Waals surface area contributed by atoms with E-state index in [1.54, 1.807) is 19.1 Å². The SMILES string of the molecule is COC(=O)N1C(=O)C2CC=C3C(c4ccc(OCc5ccccc5)cc4O)C4=C(CC3C2C1=O)C(=O)C=C(C)C4=O. The number of aromatic hydroxyl groups is 1. The lowest BCUT2D eigenvalue weighted by molar-refractivity contribution is -0.137. The van der Waals surface area contributed by atoms with Gasteiger partial charge in [-0.1, -0.05) is 48.0 Å². The minimum Gasteiger partial charge on any atom is -0.507 e. The fourth-order valence-corrected chi connectivity index (χ4v) is 6.59. The van der Waals surface area contributed by atoms with E-state index in [4.69, 9.17) is 4.74 Å². The number of phenols is 1. The molecule has 4 aliphatic rings. The van der Waals surface area contributed by atoms with E-state index >= 15 is 0 Å².